The minimum atomic E-state index is -0.953. The van der Waals surface area contributed by atoms with Gasteiger partial charge in [-0.2, -0.15) is 0 Å². The minimum Gasteiger partial charge on any atom is -0.422 e. The van der Waals surface area contributed by atoms with Crippen LogP contribution in [0.5, 0.6) is 0 Å². The van der Waals surface area contributed by atoms with Crippen LogP contribution in [0.15, 0.2) is 69.9 Å². The molecule has 0 radical (unpaired) electrons. The molecule has 1 aromatic heterocycles. The highest BCUT2D eigenvalue weighted by Crippen LogP contribution is 2.13. The second kappa shape index (κ2) is 14.2. The molecular weight excluding hydrogens is 526 g/mol. The van der Waals surface area contributed by atoms with Crippen LogP contribution in [0.1, 0.15) is 48.0 Å². The maximum absolute atomic E-state index is 13.2. The van der Waals surface area contributed by atoms with Gasteiger partial charge in [0.25, 0.3) is 5.91 Å². The smallest absolute Gasteiger partial charge is 0.349 e. The van der Waals surface area contributed by atoms with Crippen LogP contribution in [-0.2, 0) is 20.8 Å². The molecule has 1 aliphatic rings. The highest BCUT2D eigenvalue weighted by atomic mass is 16.4. The van der Waals surface area contributed by atoms with Gasteiger partial charge >= 0.3 is 5.63 Å². The van der Waals surface area contributed by atoms with E-state index >= 15 is 0 Å². The van der Waals surface area contributed by atoms with E-state index in [0.717, 1.165) is 18.5 Å². The van der Waals surface area contributed by atoms with Crippen molar-refractivity contribution >= 4 is 34.6 Å². The van der Waals surface area contributed by atoms with Crippen LogP contribution in [-0.4, -0.2) is 54.8 Å². The zero-order valence-electron chi connectivity index (χ0n) is 22.7. The predicted molar refractivity (Wildman–Crippen MR) is 153 cm³/mol. The molecule has 41 heavy (non-hydrogen) atoms. The van der Waals surface area contributed by atoms with E-state index in [9.17, 15) is 24.0 Å². The lowest BCUT2D eigenvalue weighted by Gasteiger charge is -2.23. The van der Waals surface area contributed by atoms with Crippen LogP contribution >= 0.6 is 0 Å². The summed E-state index contributed by atoms with van der Waals surface area (Å²) in [5.41, 5.74) is 6.02. The Hall–Kier alpha value is -4.51. The van der Waals surface area contributed by atoms with Crippen molar-refractivity contribution in [2.75, 3.05) is 13.1 Å². The highest BCUT2D eigenvalue weighted by Gasteiger charge is 2.29. The van der Waals surface area contributed by atoms with Crippen molar-refractivity contribution in [1.29, 1.82) is 0 Å². The van der Waals surface area contributed by atoms with Crippen molar-refractivity contribution in [2.45, 2.75) is 56.7 Å². The molecule has 0 aliphatic carbocycles. The molecule has 4 rings (SSSR count). The number of carbonyl (C=O) groups is 4. The molecule has 3 aromatic rings. The van der Waals surface area contributed by atoms with Gasteiger partial charge in [0.2, 0.25) is 17.7 Å². The molecule has 0 saturated carbocycles. The topological polar surface area (TPSA) is 173 Å². The van der Waals surface area contributed by atoms with Gasteiger partial charge in [-0.05, 0) is 56.3 Å². The first-order valence-electron chi connectivity index (χ1n) is 13.8. The Kier molecular flexibility index (Phi) is 10.2. The number of benzene rings is 2. The predicted octanol–water partition coefficient (Wildman–Crippen LogP) is 1.14. The summed E-state index contributed by atoms with van der Waals surface area (Å²) in [5.74, 6) is -2.01. The number of hydrogen-bond acceptors (Lipinski definition) is 7. The van der Waals surface area contributed by atoms with Crippen molar-refractivity contribution in [3.8, 4) is 0 Å². The summed E-state index contributed by atoms with van der Waals surface area (Å²) in [4.78, 5) is 62.8. The standard InChI is InChI=1S/C30H35N5O6/c31-26(36)22(12-6-7-15-33-27(37)21-18-20-11-4-5-14-25(20)41-30(21)40)34-29(39)24(17-19-9-2-1-3-10-19)35-28(38)23-13-8-16-32-23/h1-5,9-11,14,18,22-24,32H,6-8,12-13,15-17H2,(H2,31,36)(H,33,37)(H,34,39)(H,35,38)/t22-,23-,24-/m0/s1. The average molecular weight is 562 g/mol. The Labute approximate surface area is 237 Å². The zero-order valence-corrected chi connectivity index (χ0v) is 22.7. The van der Waals surface area contributed by atoms with Crippen LogP contribution in [0.2, 0.25) is 0 Å². The average Bonchev–Trinajstić information content (AvgIpc) is 3.51. The number of carbonyl (C=O) groups excluding carboxylic acids is 4. The van der Waals surface area contributed by atoms with Gasteiger partial charge in [-0.3, -0.25) is 19.2 Å². The third kappa shape index (κ3) is 8.24. The summed E-state index contributed by atoms with van der Waals surface area (Å²) < 4.78 is 5.21. The number of rotatable bonds is 13. The third-order valence-electron chi connectivity index (χ3n) is 7.04. The third-order valence-corrected chi connectivity index (χ3v) is 7.04. The lowest BCUT2D eigenvalue weighted by molar-refractivity contribution is -0.132. The van der Waals surface area contributed by atoms with Gasteiger partial charge in [0.05, 0.1) is 6.04 Å². The van der Waals surface area contributed by atoms with Crippen LogP contribution in [0.3, 0.4) is 0 Å². The lowest BCUT2D eigenvalue weighted by atomic mass is 10.0. The number of para-hydroxylation sites is 1. The minimum absolute atomic E-state index is 0.0923. The first kappa shape index (κ1) is 29.5. The Morgan fingerprint density at radius 1 is 0.976 bits per heavy atom. The fourth-order valence-electron chi connectivity index (χ4n) is 4.79. The van der Waals surface area contributed by atoms with Crippen molar-refractivity contribution in [3.63, 3.8) is 0 Å². The van der Waals surface area contributed by atoms with E-state index in [1.54, 1.807) is 24.3 Å². The fraction of sp³-hybridized carbons (Fsp3) is 0.367. The van der Waals surface area contributed by atoms with Crippen LogP contribution in [0.4, 0.5) is 0 Å². The molecule has 6 N–H and O–H groups in total. The van der Waals surface area contributed by atoms with E-state index in [-0.39, 0.29) is 36.9 Å². The van der Waals surface area contributed by atoms with E-state index in [0.29, 0.717) is 30.2 Å². The Balaban J connectivity index is 1.29. The second-order valence-electron chi connectivity index (χ2n) is 10.1. The molecule has 2 aromatic carbocycles. The summed E-state index contributed by atoms with van der Waals surface area (Å²) in [6.45, 7) is 0.985. The lowest BCUT2D eigenvalue weighted by Crippen LogP contribution is -2.55. The molecule has 2 heterocycles. The van der Waals surface area contributed by atoms with E-state index in [2.05, 4.69) is 21.3 Å². The van der Waals surface area contributed by atoms with Gasteiger partial charge < -0.3 is 31.4 Å². The first-order valence-corrected chi connectivity index (χ1v) is 13.8. The van der Waals surface area contributed by atoms with E-state index in [1.807, 2.05) is 30.3 Å². The van der Waals surface area contributed by atoms with Crippen molar-refractivity contribution < 1.29 is 23.6 Å². The number of fused-ring (bicyclic) bond motifs is 1. The molecule has 11 heteroatoms. The molecule has 0 spiro atoms. The fourth-order valence-corrected chi connectivity index (χ4v) is 4.79. The summed E-state index contributed by atoms with van der Waals surface area (Å²) in [6, 6.07) is 15.5. The summed E-state index contributed by atoms with van der Waals surface area (Å²) in [5, 5.41) is 12.0. The maximum Gasteiger partial charge on any atom is 0.349 e. The van der Waals surface area contributed by atoms with E-state index < -0.39 is 35.4 Å². The Bertz CT molecular complexity index is 1430. The summed E-state index contributed by atoms with van der Waals surface area (Å²) in [6.07, 6.45) is 3.01. The van der Waals surface area contributed by atoms with Gasteiger partial charge in [-0.1, -0.05) is 48.5 Å². The molecule has 1 saturated heterocycles. The van der Waals surface area contributed by atoms with Crippen LogP contribution in [0, 0.1) is 0 Å². The van der Waals surface area contributed by atoms with Gasteiger partial charge in [0, 0.05) is 18.4 Å². The maximum atomic E-state index is 13.2. The first-order chi connectivity index (χ1) is 19.8. The van der Waals surface area contributed by atoms with Crippen LogP contribution < -0.4 is 32.6 Å². The van der Waals surface area contributed by atoms with Crippen molar-refractivity contribution in [1.82, 2.24) is 21.3 Å². The van der Waals surface area contributed by atoms with Gasteiger partial charge in [0.1, 0.15) is 23.2 Å². The van der Waals surface area contributed by atoms with Gasteiger partial charge in [-0.25, -0.2) is 4.79 Å². The number of nitrogens with one attached hydrogen (secondary N) is 4. The van der Waals surface area contributed by atoms with Gasteiger partial charge in [0.15, 0.2) is 0 Å². The highest BCUT2D eigenvalue weighted by molar-refractivity contribution is 5.96. The van der Waals surface area contributed by atoms with Gasteiger partial charge in [-0.15, -0.1) is 0 Å². The van der Waals surface area contributed by atoms with E-state index in [4.69, 9.17) is 10.2 Å². The summed E-state index contributed by atoms with van der Waals surface area (Å²) >= 11 is 0. The Morgan fingerprint density at radius 3 is 2.46 bits per heavy atom. The van der Waals surface area contributed by atoms with Crippen molar-refractivity contribution in [3.05, 3.63) is 82.2 Å². The number of amides is 4. The second-order valence-corrected chi connectivity index (χ2v) is 10.1. The SMILES string of the molecule is NC(=O)[C@H](CCCCNC(=O)c1cc2ccccc2oc1=O)NC(=O)[C@H](Cc1ccccc1)NC(=O)[C@@H]1CCCN1. The number of primary amides is 1. The monoisotopic (exact) mass is 561 g/mol. The molecule has 4 amide bonds. The van der Waals surface area contributed by atoms with Crippen molar-refractivity contribution in [2.24, 2.45) is 5.73 Å². The van der Waals surface area contributed by atoms with E-state index in [1.165, 1.54) is 6.07 Å². The molecule has 11 nitrogen and oxygen atoms in total. The molecule has 0 unspecified atom stereocenters. The number of nitrogens with two attached hydrogens (primary N) is 1. The van der Waals surface area contributed by atoms with Crippen LogP contribution in [0.25, 0.3) is 11.0 Å². The Morgan fingerprint density at radius 2 is 1.73 bits per heavy atom. The number of hydrogen-bond donors (Lipinski definition) is 5. The summed E-state index contributed by atoms with van der Waals surface area (Å²) in [7, 11) is 0. The zero-order chi connectivity index (χ0) is 29.2. The molecule has 216 valence electrons. The molecular formula is C30H35N5O6. The molecule has 1 aliphatic heterocycles. The molecule has 3 atom stereocenters. The molecule has 0 bridgehead atoms. The molecule has 1 fully saturated rings. The normalized spacial score (nSPS) is 16.0. The largest absolute Gasteiger partial charge is 0.422 e. The number of unbranched alkanes of at least 4 members (excludes halogenated alkanes) is 1. The quantitative estimate of drug-likeness (QED) is 0.154.